The van der Waals surface area contributed by atoms with Crippen LogP contribution in [0.1, 0.15) is 17.8 Å². The zero-order chi connectivity index (χ0) is 16.0. The summed E-state index contributed by atoms with van der Waals surface area (Å²) in [6.45, 7) is 3.59. The van der Waals surface area contributed by atoms with Gasteiger partial charge in [0.2, 0.25) is 0 Å². The number of carboxylic acid groups (broad SMARTS) is 1. The van der Waals surface area contributed by atoms with Gasteiger partial charge in [0, 0.05) is 27.2 Å². The number of methoxy groups -OCH3 is 1. The highest BCUT2D eigenvalue weighted by atomic mass is 16.5. The fourth-order valence-electron chi connectivity index (χ4n) is 1.83. The third-order valence-corrected chi connectivity index (χ3v) is 3.03. The fraction of sp³-hybridized carbons (Fsp3) is 0.615. The van der Waals surface area contributed by atoms with Gasteiger partial charge in [-0.3, -0.25) is 9.48 Å². The van der Waals surface area contributed by atoms with Gasteiger partial charge in [-0.05, 0) is 13.8 Å². The van der Waals surface area contributed by atoms with Gasteiger partial charge in [-0.1, -0.05) is 0 Å². The first-order valence-corrected chi connectivity index (χ1v) is 6.51. The minimum absolute atomic E-state index is 0.197. The van der Waals surface area contributed by atoms with Crippen LogP contribution in [0.15, 0.2) is 0 Å². The molecule has 0 aliphatic heterocycles. The van der Waals surface area contributed by atoms with E-state index in [1.54, 1.807) is 18.7 Å². The summed E-state index contributed by atoms with van der Waals surface area (Å²) in [7, 11) is 3.25. The van der Waals surface area contributed by atoms with Crippen LogP contribution in [0.2, 0.25) is 0 Å². The van der Waals surface area contributed by atoms with Crippen molar-refractivity contribution in [3.8, 4) is 5.75 Å². The molecule has 8 heteroatoms. The number of carbonyl (C=O) groups excluding carboxylic acids is 1. The molecule has 0 saturated carbocycles. The van der Waals surface area contributed by atoms with Crippen molar-refractivity contribution in [2.75, 3.05) is 20.3 Å². The van der Waals surface area contributed by atoms with Crippen LogP contribution >= 0.6 is 0 Å². The summed E-state index contributed by atoms with van der Waals surface area (Å²) in [6, 6.07) is -0.989. The lowest BCUT2D eigenvalue weighted by Gasteiger charge is -2.14. The predicted octanol–water partition coefficient (Wildman–Crippen LogP) is 0.0216. The van der Waals surface area contributed by atoms with Crippen LogP contribution in [-0.4, -0.2) is 53.1 Å². The van der Waals surface area contributed by atoms with E-state index in [0.29, 0.717) is 11.4 Å². The molecule has 1 heterocycles. The van der Waals surface area contributed by atoms with Crippen molar-refractivity contribution >= 4 is 11.9 Å². The number of carbonyl (C=O) groups is 2. The summed E-state index contributed by atoms with van der Waals surface area (Å²) < 4.78 is 11.9. The number of aryl methyl sites for hydroxylation is 2. The Morgan fingerprint density at radius 1 is 1.43 bits per heavy atom. The third kappa shape index (κ3) is 4.75. The number of aliphatic carboxylic acids is 1. The van der Waals surface area contributed by atoms with Crippen LogP contribution in [0.3, 0.4) is 0 Å². The van der Waals surface area contributed by atoms with Gasteiger partial charge in [0.25, 0.3) is 5.91 Å². The largest absolute Gasteiger partial charge is 0.480 e. The average Bonchev–Trinajstić information content (AvgIpc) is 2.66. The summed E-state index contributed by atoms with van der Waals surface area (Å²) in [6.07, 6.45) is 0.197. The van der Waals surface area contributed by atoms with Gasteiger partial charge < -0.3 is 19.9 Å². The molecule has 1 amide bonds. The first-order valence-electron chi connectivity index (χ1n) is 6.51. The van der Waals surface area contributed by atoms with Crippen LogP contribution < -0.4 is 10.1 Å². The number of rotatable bonds is 8. The molecule has 1 atom stereocenters. The Bertz CT molecular complexity index is 512. The third-order valence-electron chi connectivity index (χ3n) is 3.03. The van der Waals surface area contributed by atoms with Crippen molar-refractivity contribution in [3.63, 3.8) is 0 Å². The molecule has 0 bridgehead atoms. The summed E-state index contributed by atoms with van der Waals surface area (Å²) in [5, 5.41) is 15.6. The number of nitrogens with one attached hydrogen (secondary N) is 1. The lowest BCUT2D eigenvalue weighted by Crippen LogP contribution is -2.43. The van der Waals surface area contributed by atoms with Gasteiger partial charge in [-0.15, -0.1) is 0 Å². The number of aromatic nitrogens is 2. The van der Waals surface area contributed by atoms with E-state index in [0.717, 1.165) is 5.69 Å². The molecular formula is C13H21N3O5. The SMILES string of the molecule is COCCC(NC(=O)COc1c(C)nn(C)c1C)C(=O)O. The molecule has 0 aliphatic rings. The highest BCUT2D eigenvalue weighted by Crippen LogP contribution is 2.20. The van der Waals surface area contributed by atoms with Gasteiger partial charge in [-0.25, -0.2) is 4.79 Å². The van der Waals surface area contributed by atoms with Crippen molar-refractivity contribution in [2.24, 2.45) is 7.05 Å². The molecule has 8 nitrogen and oxygen atoms in total. The van der Waals surface area contributed by atoms with E-state index < -0.39 is 17.9 Å². The molecule has 0 saturated heterocycles. The maximum absolute atomic E-state index is 11.8. The molecule has 1 aromatic heterocycles. The Balaban J connectivity index is 2.54. The molecule has 2 N–H and O–H groups in total. The molecule has 21 heavy (non-hydrogen) atoms. The molecular weight excluding hydrogens is 278 g/mol. The highest BCUT2D eigenvalue weighted by molar-refractivity contribution is 5.84. The van der Waals surface area contributed by atoms with Crippen molar-refractivity contribution in [3.05, 3.63) is 11.4 Å². The molecule has 1 unspecified atom stereocenters. The summed E-state index contributed by atoms with van der Waals surface area (Å²) in [5.41, 5.74) is 1.48. The van der Waals surface area contributed by atoms with E-state index in [9.17, 15) is 9.59 Å². The maximum Gasteiger partial charge on any atom is 0.326 e. The molecule has 0 aliphatic carbocycles. The van der Waals surface area contributed by atoms with Crippen LogP contribution in [0.5, 0.6) is 5.75 Å². The molecule has 1 rings (SSSR count). The number of hydrogen-bond acceptors (Lipinski definition) is 5. The van der Waals surface area contributed by atoms with E-state index in [-0.39, 0.29) is 19.6 Å². The number of hydrogen-bond donors (Lipinski definition) is 2. The Morgan fingerprint density at radius 3 is 2.57 bits per heavy atom. The summed E-state index contributed by atoms with van der Waals surface area (Å²) in [5.74, 6) is -1.06. The lowest BCUT2D eigenvalue weighted by atomic mass is 10.2. The predicted molar refractivity (Wildman–Crippen MR) is 74.2 cm³/mol. The zero-order valence-electron chi connectivity index (χ0n) is 12.7. The van der Waals surface area contributed by atoms with Gasteiger partial charge >= 0.3 is 5.97 Å². The number of carboxylic acids is 1. The van der Waals surface area contributed by atoms with Crippen LogP contribution in [-0.2, 0) is 21.4 Å². The fourth-order valence-corrected chi connectivity index (χ4v) is 1.83. The zero-order valence-corrected chi connectivity index (χ0v) is 12.7. The van der Waals surface area contributed by atoms with E-state index in [1.165, 1.54) is 7.11 Å². The van der Waals surface area contributed by atoms with E-state index >= 15 is 0 Å². The maximum atomic E-state index is 11.8. The Morgan fingerprint density at radius 2 is 2.10 bits per heavy atom. The minimum atomic E-state index is -1.10. The van der Waals surface area contributed by atoms with Crippen molar-refractivity contribution < 1.29 is 24.2 Å². The molecule has 0 aromatic carbocycles. The molecule has 0 radical (unpaired) electrons. The van der Waals surface area contributed by atoms with Gasteiger partial charge in [0.15, 0.2) is 12.4 Å². The van der Waals surface area contributed by atoms with E-state index in [4.69, 9.17) is 14.6 Å². The van der Waals surface area contributed by atoms with Crippen molar-refractivity contribution in [1.82, 2.24) is 15.1 Å². The first kappa shape index (κ1) is 17.0. The van der Waals surface area contributed by atoms with E-state index in [2.05, 4.69) is 10.4 Å². The van der Waals surface area contributed by atoms with Gasteiger partial charge in [-0.2, -0.15) is 5.10 Å². The Hall–Kier alpha value is -2.09. The minimum Gasteiger partial charge on any atom is -0.480 e. The topological polar surface area (TPSA) is 103 Å². The van der Waals surface area contributed by atoms with Crippen molar-refractivity contribution in [2.45, 2.75) is 26.3 Å². The van der Waals surface area contributed by atoms with Gasteiger partial charge in [0.05, 0.1) is 5.69 Å². The van der Waals surface area contributed by atoms with E-state index in [1.807, 2.05) is 6.92 Å². The standard InChI is InChI=1S/C13H21N3O5/c1-8-12(9(2)16(3)15-8)21-7-11(17)14-10(13(18)19)5-6-20-4/h10H,5-7H2,1-4H3,(H,14,17)(H,18,19). The highest BCUT2D eigenvalue weighted by Gasteiger charge is 2.20. The summed E-state index contributed by atoms with van der Waals surface area (Å²) >= 11 is 0. The molecule has 0 fully saturated rings. The monoisotopic (exact) mass is 299 g/mol. The summed E-state index contributed by atoms with van der Waals surface area (Å²) in [4.78, 5) is 22.8. The number of amides is 1. The first-order chi connectivity index (χ1) is 9.86. The smallest absolute Gasteiger partial charge is 0.326 e. The van der Waals surface area contributed by atoms with Gasteiger partial charge in [0.1, 0.15) is 11.7 Å². The molecule has 0 spiro atoms. The second kappa shape index (κ2) is 7.63. The number of ether oxygens (including phenoxy) is 2. The van der Waals surface area contributed by atoms with Crippen LogP contribution in [0.4, 0.5) is 0 Å². The Kier molecular flexibility index (Phi) is 6.16. The normalized spacial score (nSPS) is 12.0. The quantitative estimate of drug-likeness (QED) is 0.701. The number of nitrogens with zero attached hydrogens (tertiary/aromatic N) is 2. The second-order valence-corrected chi connectivity index (χ2v) is 4.65. The van der Waals surface area contributed by atoms with Crippen LogP contribution in [0.25, 0.3) is 0 Å². The average molecular weight is 299 g/mol. The second-order valence-electron chi connectivity index (χ2n) is 4.65. The Labute approximate surface area is 123 Å². The molecule has 118 valence electrons. The van der Waals surface area contributed by atoms with Crippen LogP contribution in [0, 0.1) is 13.8 Å². The lowest BCUT2D eigenvalue weighted by molar-refractivity contribution is -0.142. The molecule has 1 aromatic rings. The van der Waals surface area contributed by atoms with Crippen molar-refractivity contribution in [1.29, 1.82) is 0 Å².